The smallest absolute Gasteiger partial charge is 0.253 e. The van der Waals surface area contributed by atoms with E-state index in [1.165, 1.54) is 6.07 Å². The van der Waals surface area contributed by atoms with Crippen molar-refractivity contribution < 1.29 is 9.59 Å². The van der Waals surface area contributed by atoms with Crippen LogP contribution in [0.25, 0.3) is 0 Å². The fourth-order valence-electron chi connectivity index (χ4n) is 1.84. The lowest BCUT2D eigenvalue weighted by molar-refractivity contribution is -0.130. The Morgan fingerprint density at radius 3 is 2.52 bits per heavy atom. The van der Waals surface area contributed by atoms with Crippen molar-refractivity contribution in [1.29, 1.82) is 0 Å². The number of likely N-dealkylation sites (N-methyl/N-ethyl adjacent to an activating group) is 1. The average molecular weight is 331 g/mol. The second-order valence-corrected chi connectivity index (χ2v) is 5.48. The summed E-state index contributed by atoms with van der Waals surface area (Å²) in [5, 5.41) is 3.32. The van der Waals surface area contributed by atoms with Gasteiger partial charge in [-0.15, -0.1) is 0 Å². The second kappa shape index (κ2) is 8.90. The number of nitrogens with one attached hydrogen (secondary N) is 1. The summed E-state index contributed by atoms with van der Waals surface area (Å²) >= 11 is 11.7. The summed E-state index contributed by atoms with van der Waals surface area (Å²) in [5.74, 6) is -0.471. The Hall–Kier alpha value is -1.26. The molecular formula is C15H20Cl2N2O2. The van der Waals surface area contributed by atoms with Crippen LogP contribution in [0.2, 0.25) is 10.0 Å². The summed E-state index contributed by atoms with van der Waals surface area (Å²) in [5.41, 5.74) is 0.311. The van der Waals surface area contributed by atoms with E-state index in [9.17, 15) is 9.59 Å². The maximum Gasteiger partial charge on any atom is 0.253 e. The first-order valence-electron chi connectivity index (χ1n) is 7.00. The second-order valence-electron chi connectivity index (χ2n) is 4.63. The SMILES string of the molecule is CCCCN(CC)C(=O)CNC(=O)c1ccc(Cl)cc1Cl. The third kappa shape index (κ3) is 5.56. The van der Waals surface area contributed by atoms with Gasteiger partial charge in [-0.1, -0.05) is 36.5 Å². The van der Waals surface area contributed by atoms with Crippen molar-refractivity contribution >= 4 is 35.0 Å². The molecule has 0 unspecified atom stereocenters. The van der Waals surface area contributed by atoms with Gasteiger partial charge >= 0.3 is 0 Å². The lowest BCUT2D eigenvalue weighted by Gasteiger charge is -2.20. The standard InChI is InChI=1S/C15H20Cl2N2O2/c1-3-5-8-19(4-2)14(20)10-18-15(21)12-7-6-11(16)9-13(12)17/h6-7,9H,3-5,8,10H2,1-2H3,(H,18,21). The van der Waals surface area contributed by atoms with Gasteiger partial charge in [0.1, 0.15) is 0 Å². The molecule has 21 heavy (non-hydrogen) atoms. The van der Waals surface area contributed by atoms with Crippen LogP contribution in [0.3, 0.4) is 0 Å². The van der Waals surface area contributed by atoms with Crippen LogP contribution < -0.4 is 5.32 Å². The molecule has 0 radical (unpaired) electrons. The van der Waals surface area contributed by atoms with E-state index in [0.717, 1.165) is 12.8 Å². The van der Waals surface area contributed by atoms with Gasteiger partial charge in [-0.25, -0.2) is 0 Å². The minimum atomic E-state index is -0.378. The van der Waals surface area contributed by atoms with Gasteiger partial charge in [0.2, 0.25) is 5.91 Å². The fraction of sp³-hybridized carbons (Fsp3) is 0.467. The minimum absolute atomic E-state index is 0.0324. The van der Waals surface area contributed by atoms with Gasteiger partial charge in [0, 0.05) is 18.1 Å². The number of hydrogen-bond donors (Lipinski definition) is 1. The molecule has 1 aromatic carbocycles. The van der Waals surface area contributed by atoms with E-state index >= 15 is 0 Å². The van der Waals surface area contributed by atoms with Crippen LogP contribution in [-0.2, 0) is 4.79 Å². The molecule has 0 saturated heterocycles. The number of amides is 2. The quantitative estimate of drug-likeness (QED) is 0.833. The molecule has 116 valence electrons. The molecule has 0 aliphatic rings. The lowest BCUT2D eigenvalue weighted by Crippen LogP contribution is -2.40. The summed E-state index contributed by atoms with van der Waals surface area (Å²) in [6.45, 7) is 5.31. The highest BCUT2D eigenvalue weighted by Crippen LogP contribution is 2.20. The zero-order valence-corrected chi connectivity index (χ0v) is 13.8. The van der Waals surface area contributed by atoms with E-state index in [4.69, 9.17) is 23.2 Å². The van der Waals surface area contributed by atoms with Gasteiger partial charge in [0.25, 0.3) is 5.91 Å². The highest BCUT2D eigenvalue weighted by Gasteiger charge is 2.15. The number of carbonyl (C=O) groups is 2. The van der Waals surface area contributed by atoms with Crippen molar-refractivity contribution in [2.45, 2.75) is 26.7 Å². The number of benzene rings is 1. The Labute approximate surface area is 135 Å². The Balaban J connectivity index is 2.57. The van der Waals surface area contributed by atoms with E-state index in [0.29, 0.717) is 23.7 Å². The molecule has 0 saturated carbocycles. The first-order valence-corrected chi connectivity index (χ1v) is 7.76. The van der Waals surface area contributed by atoms with E-state index in [1.54, 1.807) is 17.0 Å². The molecule has 0 heterocycles. The summed E-state index contributed by atoms with van der Waals surface area (Å²) in [6, 6.07) is 4.63. The van der Waals surface area contributed by atoms with Crippen molar-refractivity contribution in [2.75, 3.05) is 19.6 Å². The largest absolute Gasteiger partial charge is 0.343 e. The summed E-state index contributed by atoms with van der Waals surface area (Å²) in [6.07, 6.45) is 1.98. The minimum Gasteiger partial charge on any atom is -0.343 e. The molecule has 1 aromatic rings. The summed E-state index contributed by atoms with van der Waals surface area (Å²) < 4.78 is 0. The molecule has 0 bridgehead atoms. The maximum atomic E-state index is 12.0. The Morgan fingerprint density at radius 2 is 1.95 bits per heavy atom. The number of halogens is 2. The predicted molar refractivity (Wildman–Crippen MR) is 86.0 cm³/mol. The number of hydrogen-bond acceptors (Lipinski definition) is 2. The molecule has 0 fully saturated rings. The van der Waals surface area contributed by atoms with Gasteiger partial charge in [-0.3, -0.25) is 9.59 Å². The topological polar surface area (TPSA) is 49.4 Å². The van der Waals surface area contributed by atoms with Crippen LogP contribution >= 0.6 is 23.2 Å². The third-order valence-electron chi connectivity index (χ3n) is 3.09. The van der Waals surface area contributed by atoms with Gasteiger partial charge in [0.05, 0.1) is 17.1 Å². The first-order chi connectivity index (χ1) is 9.99. The molecule has 0 aromatic heterocycles. The molecule has 1 N–H and O–H groups in total. The molecule has 6 heteroatoms. The Bertz CT molecular complexity index is 506. The highest BCUT2D eigenvalue weighted by molar-refractivity contribution is 6.36. The van der Waals surface area contributed by atoms with Crippen LogP contribution in [0.4, 0.5) is 0 Å². The van der Waals surface area contributed by atoms with Crippen molar-refractivity contribution in [3.63, 3.8) is 0 Å². The molecule has 0 spiro atoms. The number of nitrogens with zero attached hydrogens (tertiary/aromatic N) is 1. The van der Waals surface area contributed by atoms with Crippen LogP contribution in [-0.4, -0.2) is 36.3 Å². The number of unbranched alkanes of at least 4 members (excludes halogenated alkanes) is 1. The highest BCUT2D eigenvalue weighted by atomic mass is 35.5. The van der Waals surface area contributed by atoms with Gasteiger partial charge in [0.15, 0.2) is 0 Å². The van der Waals surface area contributed by atoms with Crippen LogP contribution in [0.5, 0.6) is 0 Å². The average Bonchev–Trinajstić information content (AvgIpc) is 2.45. The summed E-state index contributed by atoms with van der Waals surface area (Å²) in [4.78, 5) is 25.7. The van der Waals surface area contributed by atoms with E-state index in [2.05, 4.69) is 12.2 Å². The Kier molecular flexibility index (Phi) is 7.54. The Morgan fingerprint density at radius 1 is 1.24 bits per heavy atom. The molecule has 1 rings (SSSR count). The van der Waals surface area contributed by atoms with Crippen molar-refractivity contribution in [3.05, 3.63) is 33.8 Å². The third-order valence-corrected chi connectivity index (χ3v) is 3.64. The zero-order valence-electron chi connectivity index (χ0n) is 12.3. The van der Waals surface area contributed by atoms with E-state index in [-0.39, 0.29) is 23.4 Å². The van der Waals surface area contributed by atoms with Crippen molar-refractivity contribution in [1.82, 2.24) is 10.2 Å². The van der Waals surface area contributed by atoms with Crippen molar-refractivity contribution in [3.8, 4) is 0 Å². The van der Waals surface area contributed by atoms with Gasteiger partial charge in [-0.2, -0.15) is 0 Å². The maximum absolute atomic E-state index is 12.0. The molecule has 2 amide bonds. The molecule has 0 atom stereocenters. The van der Waals surface area contributed by atoms with Crippen LogP contribution in [0.15, 0.2) is 18.2 Å². The molecular weight excluding hydrogens is 311 g/mol. The van der Waals surface area contributed by atoms with Crippen LogP contribution in [0, 0.1) is 0 Å². The van der Waals surface area contributed by atoms with Gasteiger partial charge < -0.3 is 10.2 Å². The normalized spacial score (nSPS) is 10.3. The van der Waals surface area contributed by atoms with Crippen molar-refractivity contribution in [2.24, 2.45) is 0 Å². The predicted octanol–water partition coefficient (Wildman–Crippen LogP) is 3.37. The first kappa shape index (κ1) is 17.8. The van der Waals surface area contributed by atoms with Gasteiger partial charge in [-0.05, 0) is 31.5 Å². The molecule has 4 nitrogen and oxygen atoms in total. The van der Waals surface area contributed by atoms with E-state index in [1.807, 2.05) is 6.92 Å². The lowest BCUT2D eigenvalue weighted by atomic mass is 10.2. The fourth-order valence-corrected chi connectivity index (χ4v) is 2.34. The number of rotatable bonds is 7. The van der Waals surface area contributed by atoms with E-state index < -0.39 is 0 Å². The zero-order chi connectivity index (χ0) is 15.8. The number of carbonyl (C=O) groups excluding carboxylic acids is 2. The summed E-state index contributed by atoms with van der Waals surface area (Å²) in [7, 11) is 0. The monoisotopic (exact) mass is 330 g/mol. The molecule has 0 aliphatic carbocycles. The van der Waals surface area contributed by atoms with Crippen LogP contribution in [0.1, 0.15) is 37.0 Å². The molecule has 0 aliphatic heterocycles.